The Hall–Kier alpha value is -3.50. The summed E-state index contributed by atoms with van der Waals surface area (Å²) in [5.41, 5.74) is 2.28. The number of methoxy groups -OCH3 is 1. The number of esters is 1. The predicted molar refractivity (Wildman–Crippen MR) is 163 cm³/mol. The quantitative estimate of drug-likeness (QED) is 0.255. The lowest BCUT2D eigenvalue weighted by Crippen LogP contribution is -2.57. The van der Waals surface area contributed by atoms with Gasteiger partial charge in [-0.15, -0.1) is 0 Å². The van der Waals surface area contributed by atoms with Crippen LogP contribution >= 0.6 is 0 Å². The van der Waals surface area contributed by atoms with Crippen LogP contribution in [0.4, 0.5) is 0 Å². The number of fused-ring (bicyclic) bond motifs is 1. The number of hydrogen-bond donors (Lipinski definition) is 4. The highest BCUT2D eigenvalue weighted by atomic mass is 16.5. The molecule has 3 aliphatic rings. The van der Waals surface area contributed by atoms with E-state index in [-0.39, 0.29) is 17.7 Å². The number of aliphatic hydroxyl groups is 1. The van der Waals surface area contributed by atoms with Gasteiger partial charge in [0.2, 0.25) is 11.8 Å². The van der Waals surface area contributed by atoms with Crippen LogP contribution in [0.3, 0.4) is 0 Å². The van der Waals surface area contributed by atoms with Gasteiger partial charge in [0.15, 0.2) is 6.10 Å². The maximum atomic E-state index is 14.0. The number of ether oxygens (including phenoxy) is 1. The summed E-state index contributed by atoms with van der Waals surface area (Å²) in [4.78, 5) is 44.3. The Balaban J connectivity index is 1.54. The molecule has 234 valence electrons. The number of amides is 2. The molecule has 5 atom stereocenters. The van der Waals surface area contributed by atoms with Crippen LogP contribution < -0.4 is 10.6 Å². The third-order valence-corrected chi connectivity index (χ3v) is 8.75. The second kappa shape index (κ2) is 15.3. The van der Waals surface area contributed by atoms with E-state index >= 15 is 0 Å². The van der Waals surface area contributed by atoms with E-state index in [0.717, 1.165) is 48.3 Å². The van der Waals surface area contributed by atoms with Gasteiger partial charge in [-0.25, -0.2) is 4.79 Å². The van der Waals surface area contributed by atoms with E-state index in [4.69, 9.17) is 4.74 Å². The summed E-state index contributed by atoms with van der Waals surface area (Å²) in [6.07, 6.45) is 10.6. The molecule has 4 rings (SSSR count). The first-order valence-electron chi connectivity index (χ1n) is 15.5. The fourth-order valence-electron chi connectivity index (χ4n) is 6.41. The van der Waals surface area contributed by atoms with Gasteiger partial charge in [0, 0.05) is 11.8 Å². The molecule has 0 aromatic heterocycles. The Morgan fingerprint density at radius 2 is 1.79 bits per heavy atom. The van der Waals surface area contributed by atoms with E-state index in [1.165, 1.54) is 7.11 Å². The topological polar surface area (TPSA) is 141 Å². The van der Waals surface area contributed by atoms with Crippen LogP contribution in [0.5, 0.6) is 0 Å². The first-order chi connectivity index (χ1) is 20.7. The molecule has 43 heavy (non-hydrogen) atoms. The van der Waals surface area contributed by atoms with Gasteiger partial charge in [-0.3, -0.25) is 24.9 Å². The summed E-state index contributed by atoms with van der Waals surface area (Å²) in [6, 6.07) is 7.28. The highest BCUT2D eigenvalue weighted by Crippen LogP contribution is 2.32. The maximum Gasteiger partial charge on any atom is 0.336 e. The highest BCUT2D eigenvalue weighted by molar-refractivity contribution is 5.90. The van der Waals surface area contributed by atoms with Crippen molar-refractivity contribution < 1.29 is 29.4 Å². The first-order valence-corrected chi connectivity index (χ1v) is 15.5. The molecule has 5 unspecified atom stereocenters. The molecule has 0 spiro atoms. The molecular weight excluding hydrogens is 548 g/mol. The monoisotopic (exact) mass is 594 g/mol. The molecule has 0 bridgehead atoms. The molecule has 10 heteroatoms. The minimum atomic E-state index is -1.51. The minimum Gasteiger partial charge on any atom is -0.467 e. The number of carbonyl (C=O) groups is 3. The third-order valence-electron chi connectivity index (χ3n) is 8.75. The van der Waals surface area contributed by atoms with Crippen LogP contribution in [0.2, 0.25) is 0 Å². The molecule has 1 saturated carbocycles. The van der Waals surface area contributed by atoms with Gasteiger partial charge in [0.05, 0.1) is 37.0 Å². The number of allylic oxidation sites excluding steroid dienone is 1. The van der Waals surface area contributed by atoms with Crippen LogP contribution in [-0.4, -0.2) is 70.7 Å². The molecule has 2 amide bonds. The molecule has 1 aromatic rings. The Labute approximate surface area is 254 Å². The number of carbonyl (C=O) groups excluding carboxylic acids is 3. The molecule has 4 N–H and O–H groups in total. The number of hydroxylamine groups is 2. The van der Waals surface area contributed by atoms with Crippen molar-refractivity contribution in [2.24, 2.45) is 22.7 Å². The van der Waals surface area contributed by atoms with Crippen molar-refractivity contribution in [2.45, 2.75) is 95.9 Å². The second-order valence-corrected chi connectivity index (χ2v) is 12.4. The zero-order valence-corrected chi connectivity index (χ0v) is 25.4. The number of nitrogens with zero attached hydrogens (tertiary/aromatic N) is 2. The van der Waals surface area contributed by atoms with E-state index in [9.17, 15) is 24.7 Å². The van der Waals surface area contributed by atoms with E-state index in [1.807, 2.05) is 50.3 Å². The summed E-state index contributed by atoms with van der Waals surface area (Å²) in [7, 11) is 1.21. The molecule has 2 heterocycles. The number of aliphatic imine (C=N–C) groups is 1. The van der Waals surface area contributed by atoms with Crippen LogP contribution in [0.1, 0.15) is 70.8 Å². The van der Waals surface area contributed by atoms with Crippen molar-refractivity contribution >= 4 is 24.0 Å². The van der Waals surface area contributed by atoms with Gasteiger partial charge < -0.3 is 20.5 Å². The van der Waals surface area contributed by atoms with Crippen molar-refractivity contribution in [1.29, 1.82) is 0 Å². The van der Waals surface area contributed by atoms with Gasteiger partial charge in [-0.2, -0.15) is 0 Å². The lowest BCUT2D eigenvalue weighted by molar-refractivity contribution is -0.153. The van der Waals surface area contributed by atoms with Crippen LogP contribution in [0.25, 0.3) is 0 Å². The molecule has 2 aliphatic heterocycles. The second-order valence-electron chi connectivity index (χ2n) is 12.4. The Kier molecular flexibility index (Phi) is 11.5. The number of aliphatic hydroxyl groups excluding tert-OH is 1. The molecule has 1 fully saturated rings. The number of rotatable bonds is 13. The predicted octanol–water partition coefficient (Wildman–Crippen LogP) is 3.68. The summed E-state index contributed by atoms with van der Waals surface area (Å²) >= 11 is 0. The molecule has 1 aromatic carbocycles. The summed E-state index contributed by atoms with van der Waals surface area (Å²) in [5.74, 6) is -1.95. The third kappa shape index (κ3) is 8.54. The van der Waals surface area contributed by atoms with Crippen molar-refractivity contribution in [3.05, 3.63) is 59.4 Å². The smallest absolute Gasteiger partial charge is 0.336 e. The van der Waals surface area contributed by atoms with E-state index < -0.39 is 42.0 Å². The number of nitrogens with one attached hydrogen (secondary N) is 2. The van der Waals surface area contributed by atoms with Crippen molar-refractivity contribution in [3.63, 3.8) is 0 Å². The SMILES string of the molecule is COC(=O)C(O)C(CC1CCCCC1)NC(=O)C(CC(C)C)NC(=O)C(Cc1ccccc1)C1CC=C2C=NC=C2N1O. The highest BCUT2D eigenvalue weighted by Gasteiger charge is 2.39. The first kappa shape index (κ1) is 32.4. The van der Waals surface area contributed by atoms with Gasteiger partial charge in [-0.1, -0.05) is 82.4 Å². The maximum absolute atomic E-state index is 14.0. The van der Waals surface area contributed by atoms with E-state index in [0.29, 0.717) is 31.4 Å². The molecule has 0 saturated heterocycles. The Bertz CT molecular complexity index is 1210. The van der Waals surface area contributed by atoms with Gasteiger partial charge >= 0.3 is 5.97 Å². The van der Waals surface area contributed by atoms with Gasteiger partial charge in [0.1, 0.15) is 6.04 Å². The van der Waals surface area contributed by atoms with Crippen LogP contribution in [0.15, 0.2) is 58.9 Å². The number of benzene rings is 1. The summed E-state index contributed by atoms with van der Waals surface area (Å²) < 4.78 is 4.79. The van der Waals surface area contributed by atoms with Crippen molar-refractivity contribution in [1.82, 2.24) is 15.7 Å². The molecular formula is C33H46N4O6. The van der Waals surface area contributed by atoms with Gasteiger partial charge in [0.25, 0.3) is 0 Å². The summed E-state index contributed by atoms with van der Waals surface area (Å²) in [6.45, 7) is 3.93. The lowest BCUT2D eigenvalue weighted by Gasteiger charge is -2.37. The minimum absolute atomic E-state index is 0.0706. The van der Waals surface area contributed by atoms with Crippen molar-refractivity contribution in [2.75, 3.05) is 7.11 Å². The summed E-state index contributed by atoms with van der Waals surface area (Å²) in [5, 5.41) is 28.9. The Morgan fingerprint density at radius 3 is 2.47 bits per heavy atom. The molecule has 1 aliphatic carbocycles. The zero-order valence-electron chi connectivity index (χ0n) is 25.4. The zero-order chi connectivity index (χ0) is 30.9. The van der Waals surface area contributed by atoms with Crippen LogP contribution in [0, 0.1) is 17.8 Å². The number of hydrogen-bond acceptors (Lipinski definition) is 8. The van der Waals surface area contributed by atoms with Crippen LogP contribution in [-0.2, 0) is 25.5 Å². The lowest BCUT2D eigenvalue weighted by atomic mass is 9.83. The van der Waals surface area contributed by atoms with Crippen molar-refractivity contribution in [3.8, 4) is 0 Å². The molecule has 0 radical (unpaired) electrons. The fraction of sp³-hybridized carbons (Fsp3) is 0.576. The molecule has 10 nitrogen and oxygen atoms in total. The normalized spacial score (nSPS) is 21.3. The van der Waals surface area contributed by atoms with E-state index in [2.05, 4.69) is 15.6 Å². The largest absolute Gasteiger partial charge is 0.467 e. The average molecular weight is 595 g/mol. The van der Waals surface area contributed by atoms with E-state index in [1.54, 1.807) is 12.4 Å². The fourth-order valence-corrected chi connectivity index (χ4v) is 6.41. The van der Waals surface area contributed by atoms with Gasteiger partial charge in [-0.05, 0) is 43.1 Å². The average Bonchev–Trinajstić information content (AvgIpc) is 3.49. The standard InChI is InChI=1S/C33H46N4O6/c1-21(2)16-27(32(40)35-26(30(38)33(41)43-3)18-23-12-8-5-9-13-23)36-31(39)25(17-22-10-6-4-7-11-22)28-15-14-24-19-34-20-29(24)37(28)42/h4,6-7,10-11,14,19-21,23,25-28,30,38,42H,5,8-9,12-13,15-18H2,1-3H3,(H,35,40)(H,36,39). The Morgan fingerprint density at radius 1 is 1.07 bits per heavy atom.